The Morgan fingerprint density at radius 3 is 2.69 bits per heavy atom. The van der Waals surface area contributed by atoms with E-state index in [4.69, 9.17) is 4.74 Å². The summed E-state index contributed by atoms with van der Waals surface area (Å²) < 4.78 is 6.01. The number of hydrogen-bond donors (Lipinski definition) is 2. The first-order valence-corrected chi connectivity index (χ1v) is 10.3. The van der Waals surface area contributed by atoms with Crippen LogP contribution in [0.5, 0.6) is 0 Å². The molecule has 0 radical (unpaired) electrons. The summed E-state index contributed by atoms with van der Waals surface area (Å²) in [6, 6.07) is 13.4. The van der Waals surface area contributed by atoms with Gasteiger partial charge in [-0.15, -0.1) is 0 Å². The van der Waals surface area contributed by atoms with Crippen molar-refractivity contribution in [2.24, 2.45) is 5.92 Å². The summed E-state index contributed by atoms with van der Waals surface area (Å²) in [6.45, 7) is 9.06. The second-order valence-corrected chi connectivity index (χ2v) is 8.20. The lowest BCUT2D eigenvalue weighted by atomic mass is 9.94. The number of aromatic carboxylic acids is 1. The maximum absolute atomic E-state index is 11.3. The second kappa shape index (κ2) is 9.53. The fourth-order valence-corrected chi connectivity index (χ4v) is 4.07. The average Bonchev–Trinajstić information content (AvgIpc) is 3.10. The number of rotatable bonds is 8. The molecule has 0 bridgehead atoms. The van der Waals surface area contributed by atoms with Crippen LogP contribution in [-0.2, 0) is 4.74 Å². The molecule has 5 heteroatoms. The predicted octanol–water partition coefficient (Wildman–Crippen LogP) is 4.14. The summed E-state index contributed by atoms with van der Waals surface area (Å²) in [7, 11) is 0. The smallest absolute Gasteiger partial charge is 0.335 e. The highest BCUT2D eigenvalue weighted by Gasteiger charge is 2.22. The number of aliphatic hydroxyl groups excluding tert-OH is 1. The van der Waals surface area contributed by atoms with E-state index in [2.05, 4.69) is 11.8 Å². The van der Waals surface area contributed by atoms with E-state index in [1.165, 1.54) is 6.42 Å². The molecule has 29 heavy (non-hydrogen) atoms. The molecule has 0 aliphatic carbocycles. The van der Waals surface area contributed by atoms with Crippen LogP contribution in [0.15, 0.2) is 42.5 Å². The van der Waals surface area contributed by atoms with Gasteiger partial charge in [0.2, 0.25) is 0 Å². The molecule has 0 spiro atoms. The molecule has 3 atom stereocenters. The van der Waals surface area contributed by atoms with Crippen LogP contribution in [0.25, 0.3) is 11.1 Å². The summed E-state index contributed by atoms with van der Waals surface area (Å²) in [6.07, 6.45) is 0.502. The van der Waals surface area contributed by atoms with Crippen molar-refractivity contribution in [1.82, 2.24) is 4.90 Å². The van der Waals surface area contributed by atoms with Gasteiger partial charge in [-0.3, -0.25) is 0 Å². The topological polar surface area (TPSA) is 70.0 Å². The van der Waals surface area contributed by atoms with Gasteiger partial charge >= 0.3 is 5.97 Å². The van der Waals surface area contributed by atoms with E-state index in [0.717, 1.165) is 35.3 Å². The zero-order valence-corrected chi connectivity index (χ0v) is 17.5. The fourth-order valence-electron chi connectivity index (χ4n) is 4.07. The Bertz CT molecular complexity index is 851. The van der Waals surface area contributed by atoms with Crippen LogP contribution in [0.4, 0.5) is 0 Å². The Hall–Kier alpha value is -2.21. The molecule has 1 aliphatic rings. The number of benzene rings is 2. The molecule has 1 saturated heterocycles. The van der Waals surface area contributed by atoms with Crippen molar-refractivity contribution in [3.63, 3.8) is 0 Å². The molecular formula is C24H31NO4. The molecule has 0 saturated carbocycles. The summed E-state index contributed by atoms with van der Waals surface area (Å²) >= 11 is 0. The van der Waals surface area contributed by atoms with Gasteiger partial charge in [0, 0.05) is 13.1 Å². The minimum atomic E-state index is -0.916. The van der Waals surface area contributed by atoms with E-state index in [1.807, 2.05) is 50.2 Å². The highest BCUT2D eigenvalue weighted by Crippen LogP contribution is 2.31. The van der Waals surface area contributed by atoms with Gasteiger partial charge in [0.25, 0.3) is 0 Å². The molecule has 0 aromatic heterocycles. The van der Waals surface area contributed by atoms with Gasteiger partial charge < -0.3 is 19.8 Å². The van der Waals surface area contributed by atoms with Crippen LogP contribution >= 0.6 is 0 Å². The molecule has 3 unspecified atom stereocenters. The molecule has 1 aliphatic heterocycles. The number of carbonyl (C=O) groups is 1. The average molecular weight is 398 g/mol. The van der Waals surface area contributed by atoms with Crippen molar-refractivity contribution < 1.29 is 19.7 Å². The van der Waals surface area contributed by atoms with Crippen molar-refractivity contribution in [2.75, 3.05) is 26.2 Å². The third-order valence-corrected chi connectivity index (χ3v) is 5.68. The number of likely N-dealkylation sites (tertiary alicyclic amines) is 1. The van der Waals surface area contributed by atoms with E-state index in [-0.39, 0.29) is 12.7 Å². The monoisotopic (exact) mass is 397 g/mol. The van der Waals surface area contributed by atoms with E-state index < -0.39 is 12.1 Å². The normalized spacial score (nSPS) is 19.2. The Labute approximate surface area is 172 Å². The number of aryl methyl sites for hydroxylation is 1. The van der Waals surface area contributed by atoms with Gasteiger partial charge in [-0.2, -0.15) is 0 Å². The zero-order valence-electron chi connectivity index (χ0n) is 17.5. The predicted molar refractivity (Wildman–Crippen MR) is 114 cm³/mol. The lowest BCUT2D eigenvalue weighted by molar-refractivity contribution is -0.0134. The number of ether oxygens (including phenoxy) is 1. The summed E-state index contributed by atoms with van der Waals surface area (Å²) in [5.41, 5.74) is 4.05. The molecule has 1 heterocycles. The number of carboxylic acids is 1. The lowest BCUT2D eigenvalue weighted by Crippen LogP contribution is -2.33. The first-order chi connectivity index (χ1) is 13.8. The van der Waals surface area contributed by atoms with Crippen LogP contribution in [0, 0.1) is 12.8 Å². The third kappa shape index (κ3) is 5.44. The Morgan fingerprint density at radius 2 is 2.03 bits per heavy atom. The van der Waals surface area contributed by atoms with Crippen molar-refractivity contribution >= 4 is 5.97 Å². The van der Waals surface area contributed by atoms with Crippen molar-refractivity contribution in [2.45, 2.75) is 39.4 Å². The molecule has 3 rings (SSSR count). The SMILES string of the molecule is Cc1cc(-c2ccccc2C(C)OCC(O)CN2CCC(C)C2)ccc1C(=O)O. The van der Waals surface area contributed by atoms with E-state index in [9.17, 15) is 15.0 Å². The number of aliphatic hydroxyl groups is 1. The molecule has 2 aromatic carbocycles. The van der Waals surface area contributed by atoms with E-state index >= 15 is 0 Å². The largest absolute Gasteiger partial charge is 0.478 e. The second-order valence-electron chi connectivity index (χ2n) is 8.20. The molecule has 2 N–H and O–H groups in total. The first kappa shape index (κ1) is 21.5. The van der Waals surface area contributed by atoms with Gasteiger partial charge in [-0.25, -0.2) is 4.79 Å². The van der Waals surface area contributed by atoms with E-state index in [0.29, 0.717) is 18.0 Å². The van der Waals surface area contributed by atoms with Gasteiger partial charge in [0.1, 0.15) is 0 Å². The van der Waals surface area contributed by atoms with Gasteiger partial charge in [0.15, 0.2) is 0 Å². The summed E-state index contributed by atoms with van der Waals surface area (Å²) in [4.78, 5) is 13.6. The fraction of sp³-hybridized carbons (Fsp3) is 0.458. The zero-order chi connectivity index (χ0) is 21.0. The maximum atomic E-state index is 11.3. The van der Waals surface area contributed by atoms with Crippen LogP contribution in [0.2, 0.25) is 0 Å². The highest BCUT2D eigenvalue weighted by molar-refractivity contribution is 5.90. The van der Waals surface area contributed by atoms with Crippen molar-refractivity contribution in [3.05, 3.63) is 59.2 Å². The first-order valence-electron chi connectivity index (χ1n) is 10.3. The molecule has 1 fully saturated rings. The molecule has 156 valence electrons. The number of β-amino-alcohol motifs (C(OH)–C–C–N with tert-alkyl or cyclic N) is 1. The molecule has 0 amide bonds. The van der Waals surface area contributed by atoms with Gasteiger partial charge in [-0.1, -0.05) is 43.3 Å². The Kier molecular flexibility index (Phi) is 7.06. The molecule has 2 aromatic rings. The summed E-state index contributed by atoms with van der Waals surface area (Å²) in [5, 5.41) is 19.6. The van der Waals surface area contributed by atoms with Crippen LogP contribution < -0.4 is 0 Å². The Balaban J connectivity index is 1.68. The van der Waals surface area contributed by atoms with Crippen LogP contribution in [0.1, 0.15) is 47.9 Å². The standard InChI is InChI=1S/C24H31NO4/c1-16-10-11-25(13-16)14-20(26)15-29-18(3)22-6-4-5-7-23(22)19-8-9-21(24(27)28)17(2)12-19/h4-9,12,16,18,20,26H,10-11,13-15H2,1-3H3,(H,27,28). The minimum Gasteiger partial charge on any atom is -0.478 e. The minimum absolute atomic E-state index is 0.183. The van der Waals surface area contributed by atoms with Crippen molar-refractivity contribution in [3.8, 4) is 11.1 Å². The van der Waals surface area contributed by atoms with Crippen molar-refractivity contribution in [1.29, 1.82) is 0 Å². The van der Waals surface area contributed by atoms with Gasteiger partial charge in [0.05, 0.1) is 24.4 Å². The Morgan fingerprint density at radius 1 is 1.28 bits per heavy atom. The lowest BCUT2D eigenvalue weighted by Gasteiger charge is -2.23. The molecule has 5 nitrogen and oxygen atoms in total. The maximum Gasteiger partial charge on any atom is 0.335 e. The summed E-state index contributed by atoms with van der Waals surface area (Å²) in [5.74, 6) is -0.217. The highest BCUT2D eigenvalue weighted by atomic mass is 16.5. The number of nitrogens with zero attached hydrogens (tertiary/aromatic N) is 1. The quantitative estimate of drug-likeness (QED) is 0.701. The number of carboxylic acid groups (broad SMARTS) is 1. The number of hydrogen-bond acceptors (Lipinski definition) is 4. The third-order valence-electron chi connectivity index (χ3n) is 5.68. The van der Waals surface area contributed by atoms with Crippen LogP contribution in [-0.4, -0.2) is 53.4 Å². The van der Waals surface area contributed by atoms with Crippen LogP contribution in [0.3, 0.4) is 0 Å². The van der Waals surface area contributed by atoms with Gasteiger partial charge in [-0.05, 0) is 61.1 Å². The van der Waals surface area contributed by atoms with E-state index in [1.54, 1.807) is 6.07 Å². The molecular weight excluding hydrogens is 366 g/mol.